The first kappa shape index (κ1) is 32.4. The van der Waals surface area contributed by atoms with Gasteiger partial charge >= 0.3 is 0 Å². The SMILES string of the molecule is COc1cc(CN2CCNCC2)ccc1[C@]1(N2CCCC2C(=O)N(C)C)C(=O)N(S(=O)(=O)c2ccc(F)cc2)c2ccc(Cl)cc21. The molecule has 0 bridgehead atoms. The molecule has 0 aliphatic carbocycles. The van der Waals surface area contributed by atoms with Gasteiger partial charge in [-0.3, -0.25) is 19.4 Å². The summed E-state index contributed by atoms with van der Waals surface area (Å²) in [5, 5.41) is 3.65. The molecular formula is C33H37ClFN5O5S. The van der Waals surface area contributed by atoms with Crippen molar-refractivity contribution in [2.24, 2.45) is 0 Å². The molecule has 3 aromatic carbocycles. The third-order valence-corrected chi connectivity index (χ3v) is 11.0. The smallest absolute Gasteiger partial charge is 0.271 e. The second kappa shape index (κ2) is 12.6. The number of amides is 2. The van der Waals surface area contributed by atoms with Crippen molar-refractivity contribution in [3.63, 3.8) is 0 Å². The summed E-state index contributed by atoms with van der Waals surface area (Å²) in [5.41, 5.74) is 0.00493. The Morgan fingerprint density at radius 3 is 2.43 bits per heavy atom. The van der Waals surface area contributed by atoms with Crippen molar-refractivity contribution < 1.29 is 27.1 Å². The number of ether oxygens (including phenoxy) is 1. The van der Waals surface area contributed by atoms with Crippen LogP contribution in [0.3, 0.4) is 0 Å². The van der Waals surface area contributed by atoms with Crippen LogP contribution in [-0.4, -0.2) is 94.9 Å². The number of carbonyl (C=O) groups excluding carboxylic acids is 2. The predicted molar refractivity (Wildman–Crippen MR) is 173 cm³/mol. The molecule has 3 aliphatic rings. The summed E-state index contributed by atoms with van der Waals surface area (Å²) in [6.45, 7) is 4.54. The van der Waals surface area contributed by atoms with Gasteiger partial charge in [0.15, 0.2) is 5.54 Å². The molecule has 3 heterocycles. The van der Waals surface area contributed by atoms with Gasteiger partial charge in [-0.05, 0) is 66.9 Å². The third-order valence-electron chi connectivity index (χ3n) is 9.09. The second-order valence-electron chi connectivity index (χ2n) is 12.0. The fourth-order valence-corrected chi connectivity index (χ4v) is 8.60. The molecule has 2 fully saturated rings. The van der Waals surface area contributed by atoms with Crippen molar-refractivity contribution in [2.75, 3.05) is 58.2 Å². The van der Waals surface area contributed by atoms with E-state index >= 15 is 4.79 Å². The Hall–Kier alpha value is -3.55. The minimum absolute atomic E-state index is 0.105. The summed E-state index contributed by atoms with van der Waals surface area (Å²) in [7, 11) is 0.284. The number of nitrogens with one attached hydrogen (secondary N) is 1. The van der Waals surface area contributed by atoms with Crippen LogP contribution in [0, 0.1) is 5.82 Å². The van der Waals surface area contributed by atoms with Crippen molar-refractivity contribution in [1.29, 1.82) is 0 Å². The molecule has 0 radical (unpaired) electrons. The molecule has 3 aliphatic heterocycles. The first-order valence-electron chi connectivity index (χ1n) is 15.2. The molecule has 0 spiro atoms. The van der Waals surface area contributed by atoms with E-state index in [-0.39, 0.29) is 16.5 Å². The molecule has 1 unspecified atom stereocenters. The van der Waals surface area contributed by atoms with E-state index in [9.17, 15) is 17.6 Å². The highest BCUT2D eigenvalue weighted by molar-refractivity contribution is 7.93. The highest BCUT2D eigenvalue weighted by Crippen LogP contribution is 2.55. The number of piperazine rings is 1. The summed E-state index contributed by atoms with van der Waals surface area (Å²) in [5.74, 6) is -1.22. The molecule has 2 saturated heterocycles. The monoisotopic (exact) mass is 669 g/mol. The van der Waals surface area contributed by atoms with Crippen LogP contribution >= 0.6 is 11.6 Å². The van der Waals surface area contributed by atoms with Gasteiger partial charge in [-0.1, -0.05) is 23.7 Å². The molecule has 1 N–H and O–H groups in total. The van der Waals surface area contributed by atoms with Gasteiger partial charge in [-0.15, -0.1) is 0 Å². The van der Waals surface area contributed by atoms with Gasteiger partial charge < -0.3 is 15.0 Å². The predicted octanol–water partition coefficient (Wildman–Crippen LogP) is 3.42. The lowest BCUT2D eigenvalue weighted by atomic mass is 9.80. The fourth-order valence-electron chi connectivity index (χ4n) is 6.97. The molecule has 244 valence electrons. The number of fused-ring (bicyclic) bond motifs is 1. The number of rotatable bonds is 8. The average molecular weight is 670 g/mol. The number of halogens is 2. The minimum atomic E-state index is -4.54. The molecule has 10 nitrogen and oxygen atoms in total. The minimum Gasteiger partial charge on any atom is -0.496 e. The van der Waals surface area contributed by atoms with E-state index in [1.807, 2.05) is 18.2 Å². The van der Waals surface area contributed by atoms with Crippen LogP contribution in [0.1, 0.15) is 29.5 Å². The number of sulfonamides is 1. The Labute approximate surface area is 273 Å². The van der Waals surface area contributed by atoms with Crippen molar-refractivity contribution >= 4 is 39.1 Å². The van der Waals surface area contributed by atoms with Crippen LogP contribution in [0.15, 0.2) is 65.6 Å². The van der Waals surface area contributed by atoms with Crippen LogP contribution in [0.4, 0.5) is 10.1 Å². The second-order valence-corrected chi connectivity index (χ2v) is 14.3. The molecule has 2 atom stereocenters. The van der Waals surface area contributed by atoms with E-state index in [1.165, 1.54) is 24.1 Å². The summed E-state index contributed by atoms with van der Waals surface area (Å²) in [6.07, 6.45) is 1.07. The third kappa shape index (κ3) is 5.35. The lowest BCUT2D eigenvalue weighted by Crippen LogP contribution is -2.59. The van der Waals surface area contributed by atoms with Gasteiger partial charge in [0.25, 0.3) is 15.9 Å². The lowest BCUT2D eigenvalue weighted by molar-refractivity contribution is -0.138. The first-order valence-corrected chi connectivity index (χ1v) is 17.1. The van der Waals surface area contributed by atoms with E-state index in [1.54, 1.807) is 25.1 Å². The highest BCUT2D eigenvalue weighted by Gasteiger charge is 2.63. The first-order chi connectivity index (χ1) is 22.0. The number of nitrogens with zero attached hydrogens (tertiary/aromatic N) is 4. The fraction of sp³-hybridized carbons (Fsp3) is 0.394. The molecule has 2 amide bonds. The summed E-state index contributed by atoms with van der Waals surface area (Å²) < 4.78 is 49.2. The van der Waals surface area contributed by atoms with E-state index < -0.39 is 33.3 Å². The Morgan fingerprint density at radius 1 is 1.04 bits per heavy atom. The Bertz CT molecular complexity index is 1770. The number of hydrogen-bond donors (Lipinski definition) is 1. The molecule has 3 aromatic rings. The largest absolute Gasteiger partial charge is 0.496 e. The number of anilines is 1. The van der Waals surface area contributed by atoms with Crippen molar-refractivity contribution in [1.82, 2.24) is 20.0 Å². The van der Waals surface area contributed by atoms with Gasteiger partial charge in [-0.2, -0.15) is 0 Å². The van der Waals surface area contributed by atoms with Crippen molar-refractivity contribution in [3.05, 3.63) is 88.2 Å². The average Bonchev–Trinajstić information content (AvgIpc) is 3.62. The molecule has 6 rings (SSSR count). The number of carbonyl (C=O) groups is 2. The Morgan fingerprint density at radius 2 is 1.76 bits per heavy atom. The maximum absolute atomic E-state index is 15.3. The quantitative estimate of drug-likeness (QED) is 0.390. The molecule has 0 saturated carbocycles. The van der Waals surface area contributed by atoms with Gasteiger partial charge in [0.1, 0.15) is 11.6 Å². The maximum Gasteiger partial charge on any atom is 0.271 e. The maximum atomic E-state index is 15.3. The zero-order chi connectivity index (χ0) is 32.8. The van der Waals surface area contributed by atoms with Crippen LogP contribution < -0.4 is 14.4 Å². The molecule has 46 heavy (non-hydrogen) atoms. The summed E-state index contributed by atoms with van der Waals surface area (Å²) in [4.78, 5) is 34.3. The zero-order valence-corrected chi connectivity index (χ0v) is 27.6. The van der Waals surface area contributed by atoms with Gasteiger partial charge in [-0.25, -0.2) is 17.1 Å². The van der Waals surface area contributed by atoms with Crippen LogP contribution in [0.5, 0.6) is 5.75 Å². The zero-order valence-electron chi connectivity index (χ0n) is 26.0. The number of likely N-dealkylation sites (tertiary alicyclic amines) is 1. The van der Waals surface area contributed by atoms with E-state index in [4.69, 9.17) is 16.3 Å². The van der Waals surface area contributed by atoms with Crippen LogP contribution in [0.25, 0.3) is 0 Å². The van der Waals surface area contributed by atoms with Gasteiger partial charge in [0.05, 0.1) is 23.7 Å². The Balaban J connectivity index is 1.60. The van der Waals surface area contributed by atoms with E-state index in [2.05, 4.69) is 10.2 Å². The van der Waals surface area contributed by atoms with Crippen molar-refractivity contribution in [3.8, 4) is 5.75 Å². The topological polar surface area (TPSA) is 102 Å². The number of benzene rings is 3. The lowest BCUT2D eigenvalue weighted by Gasteiger charge is -2.42. The Kier molecular flexibility index (Phi) is 8.85. The van der Waals surface area contributed by atoms with Gasteiger partial charge in [0.2, 0.25) is 5.91 Å². The summed E-state index contributed by atoms with van der Waals surface area (Å²) >= 11 is 6.59. The molecular weight excluding hydrogens is 633 g/mol. The molecule has 13 heteroatoms. The van der Waals surface area contributed by atoms with E-state index in [0.29, 0.717) is 47.8 Å². The number of hydrogen-bond acceptors (Lipinski definition) is 8. The summed E-state index contributed by atoms with van der Waals surface area (Å²) in [6, 6.07) is 13.8. The number of methoxy groups -OCH3 is 1. The standard InChI is InChI=1S/C33H37ClFN5O5S/c1-37(2)31(41)29-5-4-16-39(29)33(26-12-6-22(19-30(26)45-3)21-38-17-14-36-15-18-38)27-20-23(34)7-13-28(27)40(32(33)42)46(43,44)25-10-8-24(35)9-11-25/h6-13,19-20,29,36H,4-5,14-18,21H2,1-3H3/t29?,33-/m1/s1. The van der Waals surface area contributed by atoms with Crippen LogP contribution in [-0.2, 0) is 31.7 Å². The van der Waals surface area contributed by atoms with Gasteiger partial charge in [0, 0.05) is 69.5 Å². The number of likely N-dealkylation sites (N-methyl/N-ethyl adjacent to an activating group) is 1. The van der Waals surface area contributed by atoms with Crippen molar-refractivity contribution in [2.45, 2.75) is 35.9 Å². The highest BCUT2D eigenvalue weighted by atomic mass is 35.5. The molecule has 0 aromatic heterocycles. The van der Waals surface area contributed by atoms with Crippen LogP contribution in [0.2, 0.25) is 5.02 Å². The van der Waals surface area contributed by atoms with E-state index in [0.717, 1.165) is 60.3 Å². The normalized spacial score (nSPS) is 22.2.